The number of rotatable bonds is 3. The highest BCUT2D eigenvalue weighted by Crippen LogP contribution is 2.21. The Kier molecular flexibility index (Phi) is 3.54. The Balaban J connectivity index is 2.39. The van der Waals surface area contributed by atoms with Gasteiger partial charge in [0.1, 0.15) is 0 Å². The molecule has 2 aromatic carbocycles. The van der Waals surface area contributed by atoms with Gasteiger partial charge >= 0.3 is 0 Å². The van der Waals surface area contributed by atoms with Gasteiger partial charge in [0.2, 0.25) is 0 Å². The molecule has 0 atom stereocenters. The van der Waals surface area contributed by atoms with Crippen LogP contribution in [0.2, 0.25) is 0 Å². The van der Waals surface area contributed by atoms with Crippen molar-refractivity contribution in [3.8, 4) is 17.2 Å². The molecule has 0 radical (unpaired) electrons. The summed E-state index contributed by atoms with van der Waals surface area (Å²) in [5.74, 6) is 0. The molecule has 0 bridgehead atoms. The minimum atomic E-state index is 0.603. The summed E-state index contributed by atoms with van der Waals surface area (Å²) in [5.41, 5.74) is 3.98. The second-order valence-corrected chi connectivity index (χ2v) is 3.83. The summed E-state index contributed by atoms with van der Waals surface area (Å²) >= 11 is 0. The molecule has 2 heteroatoms. The van der Waals surface area contributed by atoms with E-state index in [1.54, 1.807) is 7.11 Å². The van der Waals surface area contributed by atoms with Crippen LogP contribution < -0.4 is 0 Å². The normalized spacial score (nSPS) is 9.88. The van der Waals surface area contributed by atoms with Gasteiger partial charge in [0.25, 0.3) is 0 Å². The molecule has 0 aliphatic carbocycles. The first-order chi connectivity index (χ1) is 8.33. The van der Waals surface area contributed by atoms with Gasteiger partial charge in [0.05, 0.1) is 18.2 Å². The minimum Gasteiger partial charge on any atom is -0.380 e. The zero-order chi connectivity index (χ0) is 12.1. The van der Waals surface area contributed by atoms with Crippen LogP contribution in [0.25, 0.3) is 11.1 Å². The SMILES string of the molecule is COCc1cccc(-c2cccc(C#N)c2)c1. The van der Waals surface area contributed by atoms with E-state index in [9.17, 15) is 0 Å². The van der Waals surface area contributed by atoms with E-state index >= 15 is 0 Å². The molecule has 0 aliphatic rings. The molecular weight excluding hydrogens is 210 g/mol. The summed E-state index contributed by atoms with van der Waals surface area (Å²) in [6, 6.07) is 17.9. The molecule has 17 heavy (non-hydrogen) atoms. The molecular formula is C15H13NO. The summed E-state index contributed by atoms with van der Waals surface area (Å²) in [7, 11) is 1.68. The van der Waals surface area contributed by atoms with E-state index in [1.165, 1.54) is 0 Å². The molecule has 0 saturated heterocycles. The van der Waals surface area contributed by atoms with E-state index in [0.717, 1.165) is 16.7 Å². The standard InChI is InChI=1S/C15H13NO/c1-17-11-13-5-3-7-15(9-13)14-6-2-4-12(8-14)10-16/h2-9H,11H2,1H3. The molecule has 0 N–H and O–H groups in total. The summed E-state index contributed by atoms with van der Waals surface area (Å²) in [5, 5.41) is 8.88. The first-order valence-electron chi connectivity index (χ1n) is 5.42. The Morgan fingerprint density at radius 1 is 1.06 bits per heavy atom. The van der Waals surface area contributed by atoms with Crippen LogP contribution in [-0.2, 0) is 11.3 Å². The zero-order valence-corrected chi connectivity index (χ0v) is 9.68. The van der Waals surface area contributed by atoms with Crippen molar-refractivity contribution in [3.05, 3.63) is 59.7 Å². The predicted octanol–water partition coefficient (Wildman–Crippen LogP) is 3.37. The van der Waals surface area contributed by atoms with E-state index in [0.29, 0.717) is 12.2 Å². The first-order valence-corrected chi connectivity index (χ1v) is 5.42. The lowest BCUT2D eigenvalue weighted by atomic mass is 10.0. The number of methoxy groups -OCH3 is 1. The fraction of sp³-hybridized carbons (Fsp3) is 0.133. The van der Waals surface area contributed by atoms with Crippen molar-refractivity contribution in [2.24, 2.45) is 0 Å². The van der Waals surface area contributed by atoms with Crippen LogP contribution in [0.5, 0.6) is 0 Å². The van der Waals surface area contributed by atoms with Gasteiger partial charge in [-0.3, -0.25) is 0 Å². The van der Waals surface area contributed by atoms with Crippen molar-refractivity contribution in [2.75, 3.05) is 7.11 Å². The third-order valence-electron chi connectivity index (χ3n) is 2.56. The first kappa shape index (κ1) is 11.4. The Bertz CT molecular complexity index is 555. The number of ether oxygens (including phenoxy) is 1. The van der Waals surface area contributed by atoms with Gasteiger partial charge in [0, 0.05) is 7.11 Å². The van der Waals surface area contributed by atoms with Crippen LogP contribution in [-0.4, -0.2) is 7.11 Å². The van der Waals surface area contributed by atoms with Crippen LogP contribution in [0.3, 0.4) is 0 Å². The lowest BCUT2D eigenvalue weighted by Crippen LogP contribution is -1.88. The number of nitriles is 1. The van der Waals surface area contributed by atoms with Crippen LogP contribution in [0.4, 0.5) is 0 Å². The lowest BCUT2D eigenvalue weighted by molar-refractivity contribution is 0.185. The average molecular weight is 223 g/mol. The van der Waals surface area contributed by atoms with Gasteiger partial charge in [-0.05, 0) is 34.9 Å². The highest BCUT2D eigenvalue weighted by molar-refractivity contribution is 5.65. The number of hydrogen-bond donors (Lipinski definition) is 0. The fourth-order valence-electron chi connectivity index (χ4n) is 1.78. The molecule has 2 nitrogen and oxygen atoms in total. The van der Waals surface area contributed by atoms with Crippen molar-refractivity contribution in [1.29, 1.82) is 5.26 Å². The molecule has 0 saturated carbocycles. The van der Waals surface area contributed by atoms with Crippen molar-refractivity contribution in [2.45, 2.75) is 6.61 Å². The Labute approximate surface area is 101 Å². The maximum Gasteiger partial charge on any atom is 0.0991 e. The summed E-state index contributed by atoms with van der Waals surface area (Å²) in [4.78, 5) is 0. The molecule has 2 rings (SSSR count). The second kappa shape index (κ2) is 5.29. The van der Waals surface area contributed by atoms with Gasteiger partial charge in [-0.2, -0.15) is 5.26 Å². The highest BCUT2D eigenvalue weighted by atomic mass is 16.5. The maximum absolute atomic E-state index is 8.88. The minimum absolute atomic E-state index is 0.603. The van der Waals surface area contributed by atoms with E-state index in [4.69, 9.17) is 10.00 Å². The number of nitrogens with zero attached hydrogens (tertiary/aromatic N) is 1. The van der Waals surface area contributed by atoms with Gasteiger partial charge in [-0.1, -0.05) is 30.3 Å². The largest absolute Gasteiger partial charge is 0.380 e. The molecule has 0 aromatic heterocycles. The number of hydrogen-bond acceptors (Lipinski definition) is 2. The second-order valence-electron chi connectivity index (χ2n) is 3.83. The Morgan fingerprint density at radius 3 is 2.47 bits per heavy atom. The van der Waals surface area contributed by atoms with Gasteiger partial charge in [0.15, 0.2) is 0 Å². The van der Waals surface area contributed by atoms with E-state index < -0.39 is 0 Å². The third kappa shape index (κ3) is 2.72. The molecule has 0 aliphatic heterocycles. The van der Waals surface area contributed by atoms with E-state index in [-0.39, 0.29) is 0 Å². The fourth-order valence-corrected chi connectivity index (χ4v) is 1.78. The summed E-state index contributed by atoms with van der Waals surface area (Å²) in [6.07, 6.45) is 0. The zero-order valence-electron chi connectivity index (χ0n) is 9.68. The van der Waals surface area contributed by atoms with Crippen molar-refractivity contribution in [1.82, 2.24) is 0 Å². The lowest BCUT2D eigenvalue weighted by Gasteiger charge is -2.05. The molecule has 0 heterocycles. The monoisotopic (exact) mass is 223 g/mol. The summed E-state index contributed by atoms with van der Waals surface area (Å²) in [6.45, 7) is 0.603. The van der Waals surface area contributed by atoms with E-state index in [1.807, 2.05) is 42.5 Å². The van der Waals surface area contributed by atoms with Crippen molar-refractivity contribution >= 4 is 0 Å². The Hall–Kier alpha value is -2.11. The molecule has 2 aromatic rings. The quantitative estimate of drug-likeness (QED) is 0.799. The highest BCUT2D eigenvalue weighted by Gasteiger charge is 2.00. The molecule has 0 amide bonds. The smallest absolute Gasteiger partial charge is 0.0991 e. The van der Waals surface area contributed by atoms with Crippen molar-refractivity contribution < 1.29 is 4.74 Å². The topological polar surface area (TPSA) is 33.0 Å². The third-order valence-corrected chi connectivity index (χ3v) is 2.56. The van der Waals surface area contributed by atoms with Crippen molar-refractivity contribution in [3.63, 3.8) is 0 Å². The van der Waals surface area contributed by atoms with E-state index in [2.05, 4.69) is 12.1 Å². The molecule has 0 spiro atoms. The van der Waals surface area contributed by atoms with Gasteiger partial charge in [-0.25, -0.2) is 0 Å². The molecule has 84 valence electrons. The van der Waals surface area contributed by atoms with Gasteiger partial charge in [-0.15, -0.1) is 0 Å². The maximum atomic E-state index is 8.88. The van der Waals surface area contributed by atoms with Crippen LogP contribution >= 0.6 is 0 Å². The number of benzene rings is 2. The average Bonchev–Trinajstić information content (AvgIpc) is 2.40. The van der Waals surface area contributed by atoms with Crippen LogP contribution in [0.15, 0.2) is 48.5 Å². The Morgan fingerprint density at radius 2 is 1.76 bits per heavy atom. The molecule has 0 fully saturated rings. The molecule has 0 unspecified atom stereocenters. The van der Waals surface area contributed by atoms with Gasteiger partial charge < -0.3 is 4.74 Å². The summed E-state index contributed by atoms with van der Waals surface area (Å²) < 4.78 is 5.11. The predicted molar refractivity (Wildman–Crippen MR) is 67.3 cm³/mol. The van der Waals surface area contributed by atoms with Crippen LogP contribution in [0, 0.1) is 11.3 Å². The van der Waals surface area contributed by atoms with Crippen LogP contribution in [0.1, 0.15) is 11.1 Å².